The van der Waals surface area contributed by atoms with Crippen LogP contribution in [0.15, 0.2) is 4.79 Å². The first kappa shape index (κ1) is 14.2. The van der Waals surface area contributed by atoms with Crippen molar-refractivity contribution in [2.45, 2.75) is 0 Å². The summed E-state index contributed by atoms with van der Waals surface area (Å²) in [5.74, 6) is -0.520. The lowest BCUT2D eigenvalue weighted by Gasteiger charge is -2.03. The highest BCUT2D eigenvalue weighted by molar-refractivity contribution is 7.88. The van der Waals surface area contributed by atoms with Crippen LogP contribution in [0, 0.1) is 0 Å². The summed E-state index contributed by atoms with van der Waals surface area (Å²) in [6, 6.07) is 0. The Kier molecular flexibility index (Phi) is 4.69. The highest BCUT2D eigenvalue weighted by Crippen LogP contribution is 2.13. The van der Waals surface area contributed by atoms with E-state index in [1.807, 2.05) is 0 Å². The smallest absolute Gasteiger partial charge is 0.277 e. The van der Waals surface area contributed by atoms with Crippen molar-refractivity contribution in [3.63, 3.8) is 0 Å². The molecule has 0 fully saturated rings. The molecule has 0 aromatic carbocycles. The summed E-state index contributed by atoms with van der Waals surface area (Å²) in [5, 5.41) is 2.26. The molecule has 0 aliphatic heterocycles. The molecule has 0 atom stereocenters. The van der Waals surface area contributed by atoms with Gasteiger partial charge in [-0.05, 0) is 0 Å². The second-order valence-corrected chi connectivity index (χ2v) is 6.13. The molecule has 0 spiro atoms. The molecular weight excluding hydrogens is 290 g/mol. The Hall–Kier alpha value is -0.900. The van der Waals surface area contributed by atoms with Crippen molar-refractivity contribution >= 4 is 39.1 Å². The van der Waals surface area contributed by atoms with Crippen molar-refractivity contribution in [2.24, 2.45) is 0 Å². The molecule has 0 radical (unpaired) electrons. The molecule has 0 aliphatic carbocycles. The van der Waals surface area contributed by atoms with Crippen LogP contribution in [0.2, 0.25) is 5.02 Å². The third kappa shape index (κ3) is 4.46. The van der Waals surface area contributed by atoms with E-state index in [1.165, 1.54) is 0 Å². The standard InChI is InChI=1S/C7H10ClN3O4S2/c1-17(14,15)10-3-2-9-7(13)5-4(8)6(12)11-16-5/h10H,2-3H2,1H3,(H,9,13)(H,11,12). The fraction of sp³-hybridized carbons (Fsp3) is 0.429. The highest BCUT2D eigenvalue weighted by atomic mass is 35.5. The SMILES string of the molecule is CS(=O)(=O)NCCNC(=O)c1s[nH]c(=O)c1Cl. The van der Waals surface area contributed by atoms with Gasteiger partial charge in [0.2, 0.25) is 10.0 Å². The van der Waals surface area contributed by atoms with Gasteiger partial charge in [0, 0.05) is 13.1 Å². The fourth-order valence-corrected chi connectivity index (χ4v) is 2.35. The molecule has 17 heavy (non-hydrogen) atoms. The first-order chi connectivity index (χ1) is 7.81. The van der Waals surface area contributed by atoms with Crippen molar-refractivity contribution < 1.29 is 13.2 Å². The van der Waals surface area contributed by atoms with Crippen molar-refractivity contribution in [2.75, 3.05) is 19.3 Å². The molecule has 7 nitrogen and oxygen atoms in total. The zero-order chi connectivity index (χ0) is 13.1. The number of halogens is 1. The number of hydrogen-bond donors (Lipinski definition) is 3. The molecule has 1 heterocycles. The number of hydrogen-bond acceptors (Lipinski definition) is 5. The van der Waals surface area contributed by atoms with E-state index >= 15 is 0 Å². The van der Waals surface area contributed by atoms with Gasteiger partial charge in [0.05, 0.1) is 6.26 Å². The van der Waals surface area contributed by atoms with Crippen LogP contribution in [0.4, 0.5) is 0 Å². The average molecular weight is 300 g/mol. The molecule has 1 amide bonds. The van der Waals surface area contributed by atoms with E-state index in [4.69, 9.17) is 11.6 Å². The summed E-state index contributed by atoms with van der Waals surface area (Å²) in [6.45, 7) is 0.176. The average Bonchev–Trinajstić information content (AvgIpc) is 2.53. The van der Waals surface area contributed by atoms with Gasteiger partial charge in [-0.25, -0.2) is 13.1 Å². The molecule has 0 unspecified atom stereocenters. The monoisotopic (exact) mass is 299 g/mol. The number of amides is 1. The molecule has 0 aliphatic rings. The zero-order valence-electron chi connectivity index (χ0n) is 8.74. The maximum Gasteiger partial charge on any atom is 0.277 e. The lowest BCUT2D eigenvalue weighted by atomic mass is 10.4. The Morgan fingerprint density at radius 3 is 2.59 bits per heavy atom. The number of aromatic nitrogens is 1. The minimum atomic E-state index is -3.27. The van der Waals surface area contributed by atoms with Crippen LogP contribution in [0.25, 0.3) is 0 Å². The molecule has 1 aromatic heterocycles. The highest BCUT2D eigenvalue weighted by Gasteiger charge is 2.15. The lowest BCUT2D eigenvalue weighted by molar-refractivity contribution is 0.0958. The zero-order valence-corrected chi connectivity index (χ0v) is 11.1. The van der Waals surface area contributed by atoms with Crippen LogP contribution in [-0.4, -0.2) is 38.0 Å². The number of carbonyl (C=O) groups excluding carboxylic acids is 1. The van der Waals surface area contributed by atoms with Gasteiger partial charge in [-0.1, -0.05) is 23.1 Å². The first-order valence-corrected chi connectivity index (χ1v) is 7.49. The predicted octanol–water partition coefficient (Wildman–Crippen LogP) is -0.631. The van der Waals surface area contributed by atoms with E-state index in [9.17, 15) is 18.0 Å². The Labute approximate surface area is 106 Å². The minimum Gasteiger partial charge on any atom is -0.350 e. The number of sulfonamides is 1. The molecule has 1 rings (SSSR count). The van der Waals surface area contributed by atoms with Gasteiger partial charge in [0.25, 0.3) is 11.5 Å². The summed E-state index contributed by atoms with van der Waals surface area (Å²) >= 11 is 6.41. The normalized spacial score (nSPS) is 11.4. The van der Waals surface area contributed by atoms with Crippen LogP contribution >= 0.6 is 23.1 Å². The summed E-state index contributed by atoms with van der Waals surface area (Å²) in [5.41, 5.74) is -0.518. The number of aromatic amines is 1. The van der Waals surface area contributed by atoms with Gasteiger partial charge in [-0.2, -0.15) is 0 Å². The largest absolute Gasteiger partial charge is 0.350 e. The van der Waals surface area contributed by atoms with Gasteiger partial charge in [-0.3, -0.25) is 14.0 Å². The maximum atomic E-state index is 11.5. The van der Waals surface area contributed by atoms with Crippen LogP contribution < -0.4 is 15.6 Å². The van der Waals surface area contributed by atoms with Crippen molar-refractivity contribution in [3.05, 3.63) is 20.3 Å². The van der Waals surface area contributed by atoms with Gasteiger partial charge in [0.1, 0.15) is 9.90 Å². The second-order valence-electron chi connectivity index (χ2n) is 3.10. The van der Waals surface area contributed by atoms with Gasteiger partial charge in [0.15, 0.2) is 0 Å². The molecular formula is C7H10ClN3O4S2. The summed E-state index contributed by atoms with van der Waals surface area (Å²) in [4.78, 5) is 22.5. The third-order valence-corrected chi connectivity index (χ3v) is 3.71. The molecule has 0 bridgehead atoms. The van der Waals surface area contributed by atoms with E-state index in [0.29, 0.717) is 0 Å². The first-order valence-electron chi connectivity index (χ1n) is 4.41. The molecule has 0 saturated carbocycles. The minimum absolute atomic E-state index is 0.0709. The molecule has 3 N–H and O–H groups in total. The summed E-state index contributed by atoms with van der Waals surface area (Å²) in [7, 11) is -3.27. The Bertz CT molecular complexity index is 562. The van der Waals surface area contributed by atoms with Gasteiger partial charge in [-0.15, -0.1) is 0 Å². The van der Waals surface area contributed by atoms with Crippen molar-refractivity contribution in [1.82, 2.24) is 14.4 Å². The number of rotatable bonds is 5. The van der Waals surface area contributed by atoms with E-state index in [2.05, 4.69) is 14.4 Å². The maximum absolute atomic E-state index is 11.5. The predicted molar refractivity (Wildman–Crippen MR) is 65.1 cm³/mol. The van der Waals surface area contributed by atoms with Gasteiger partial charge < -0.3 is 5.32 Å². The van der Waals surface area contributed by atoms with E-state index < -0.39 is 21.5 Å². The quantitative estimate of drug-likeness (QED) is 0.629. The second kappa shape index (κ2) is 5.63. The van der Waals surface area contributed by atoms with Crippen LogP contribution in [0.3, 0.4) is 0 Å². The molecule has 1 aromatic rings. The number of H-pyrrole nitrogens is 1. The molecule has 10 heteroatoms. The molecule has 0 saturated heterocycles. The summed E-state index contributed by atoms with van der Waals surface area (Å²) in [6.07, 6.45) is 1.02. The Morgan fingerprint density at radius 1 is 1.47 bits per heavy atom. The van der Waals surface area contributed by atoms with Crippen LogP contribution in [0.1, 0.15) is 9.67 Å². The Morgan fingerprint density at radius 2 is 2.12 bits per heavy atom. The number of nitrogens with one attached hydrogen (secondary N) is 3. The summed E-state index contributed by atoms with van der Waals surface area (Å²) < 4.78 is 25.9. The van der Waals surface area contributed by atoms with E-state index in [1.54, 1.807) is 0 Å². The van der Waals surface area contributed by atoms with Crippen molar-refractivity contribution in [1.29, 1.82) is 0 Å². The molecule has 96 valence electrons. The fourth-order valence-electron chi connectivity index (χ4n) is 0.929. The Balaban J connectivity index is 2.46. The van der Waals surface area contributed by atoms with Crippen molar-refractivity contribution in [3.8, 4) is 0 Å². The topological polar surface area (TPSA) is 108 Å². The lowest BCUT2D eigenvalue weighted by Crippen LogP contribution is -2.34. The number of carbonyl (C=O) groups is 1. The third-order valence-electron chi connectivity index (χ3n) is 1.63. The van der Waals surface area contributed by atoms with Crippen LogP contribution in [-0.2, 0) is 10.0 Å². The van der Waals surface area contributed by atoms with Crippen LogP contribution in [0.5, 0.6) is 0 Å². The van der Waals surface area contributed by atoms with E-state index in [-0.39, 0.29) is 23.0 Å². The van der Waals surface area contributed by atoms with Gasteiger partial charge >= 0.3 is 0 Å². The van der Waals surface area contributed by atoms with E-state index in [0.717, 1.165) is 17.8 Å².